The molecular weight excluding hydrogens is 260 g/mol. The number of ether oxygens (including phenoxy) is 1. The fourth-order valence-electron chi connectivity index (χ4n) is 1.41. The van der Waals surface area contributed by atoms with Gasteiger partial charge in [-0.1, -0.05) is 26.0 Å². The summed E-state index contributed by atoms with van der Waals surface area (Å²) in [6.07, 6.45) is 2.68. The third-order valence-corrected chi connectivity index (χ3v) is 3.58. The van der Waals surface area contributed by atoms with E-state index in [2.05, 4.69) is 13.8 Å². The highest BCUT2D eigenvalue weighted by atomic mass is 32.2. The smallest absolute Gasteiger partial charge is 0.328 e. The van der Waals surface area contributed by atoms with Gasteiger partial charge in [0.2, 0.25) is 0 Å². The van der Waals surface area contributed by atoms with Gasteiger partial charge in [-0.05, 0) is 35.4 Å². The van der Waals surface area contributed by atoms with Gasteiger partial charge < -0.3 is 9.84 Å². The first-order valence-corrected chi connectivity index (χ1v) is 7.45. The van der Waals surface area contributed by atoms with Crippen LogP contribution in [0.2, 0.25) is 0 Å². The van der Waals surface area contributed by atoms with Crippen molar-refractivity contribution in [3.63, 3.8) is 0 Å². The minimum Gasteiger partial charge on any atom is -0.493 e. The SMILES string of the molecule is CC(C)CSCCOc1cccc(C=CC(=O)O)c1. The number of hydrogen-bond acceptors (Lipinski definition) is 3. The number of hydrogen-bond donors (Lipinski definition) is 1. The number of carboxylic acids is 1. The second-order valence-electron chi connectivity index (χ2n) is 4.56. The van der Waals surface area contributed by atoms with Crippen LogP contribution >= 0.6 is 11.8 Å². The van der Waals surface area contributed by atoms with Crippen molar-refractivity contribution in [2.75, 3.05) is 18.1 Å². The zero-order valence-corrected chi connectivity index (χ0v) is 12.2. The first-order chi connectivity index (χ1) is 9.08. The lowest BCUT2D eigenvalue weighted by Gasteiger charge is -2.07. The van der Waals surface area contributed by atoms with Crippen molar-refractivity contribution < 1.29 is 14.6 Å². The molecule has 0 aliphatic carbocycles. The van der Waals surface area contributed by atoms with Crippen LogP contribution in [0, 0.1) is 5.92 Å². The average Bonchev–Trinajstić information content (AvgIpc) is 2.36. The molecule has 0 aliphatic rings. The molecule has 3 nitrogen and oxygen atoms in total. The third kappa shape index (κ3) is 7.57. The summed E-state index contributed by atoms with van der Waals surface area (Å²) in [5, 5.41) is 8.57. The van der Waals surface area contributed by atoms with Crippen molar-refractivity contribution in [2.24, 2.45) is 5.92 Å². The van der Waals surface area contributed by atoms with E-state index in [-0.39, 0.29) is 0 Å². The molecule has 104 valence electrons. The molecule has 4 heteroatoms. The largest absolute Gasteiger partial charge is 0.493 e. The summed E-state index contributed by atoms with van der Waals surface area (Å²) < 4.78 is 5.63. The van der Waals surface area contributed by atoms with Crippen molar-refractivity contribution in [3.05, 3.63) is 35.9 Å². The monoisotopic (exact) mass is 280 g/mol. The van der Waals surface area contributed by atoms with E-state index in [1.165, 1.54) is 0 Å². The molecule has 0 saturated heterocycles. The van der Waals surface area contributed by atoms with E-state index in [4.69, 9.17) is 9.84 Å². The van der Waals surface area contributed by atoms with Gasteiger partial charge in [-0.2, -0.15) is 11.8 Å². The fourth-order valence-corrected chi connectivity index (χ4v) is 2.25. The second-order valence-corrected chi connectivity index (χ2v) is 5.71. The van der Waals surface area contributed by atoms with Crippen LogP contribution < -0.4 is 4.74 Å². The molecule has 1 rings (SSSR count). The molecule has 0 saturated carbocycles. The molecule has 0 fully saturated rings. The van der Waals surface area contributed by atoms with E-state index < -0.39 is 5.97 Å². The molecule has 1 N–H and O–H groups in total. The predicted octanol–water partition coefficient (Wildman–Crippen LogP) is 3.55. The Kier molecular flexibility index (Phi) is 7.11. The molecule has 0 spiro atoms. The standard InChI is InChI=1S/C15H20O3S/c1-12(2)11-19-9-8-18-14-5-3-4-13(10-14)6-7-15(16)17/h3-7,10,12H,8-9,11H2,1-2H3,(H,16,17). The average molecular weight is 280 g/mol. The van der Waals surface area contributed by atoms with Crippen LogP contribution in [0.1, 0.15) is 19.4 Å². The quantitative estimate of drug-likeness (QED) is 0.584. The lowest BCUT2D eigenvalue weighted by Crippen LogP contribution is -2.02. The zero-order chi connectivity index (χ0) is 14.1. The Morgan fingerprint density at radius 2 is 2.26 bits per heavy atom. The number of benzene rings is 1. The maximum Gasteiger partial charge on any atom is 0.328 e. The summed E-state index contributed by atoms with van der Waals surface area (Å²) in [4.78, 5) is 10.4. The molecule has 1 aromatic rings. The first-order valence-electron chi connectivity index (χ1n) is 6.29. The number of carboxylic acid groups (broad SMARTS) is 1. The molecule has 0 atom stereocenters. The molecule has 0 bridgehead atoms. The maximum atomic E-state index is 10.4. The summed E-state index contributed by atoms with van der Waals surface area (Å²) in [5.74, 6) is 2.64. The van der Waals surface area contributed by atoms with Crippen molar-refractivity contribution in [1.29, 1.82) is 0 Å². The third-order valence-electron chi connectivity index (χ3n) is 2.22. The highest BCUT2D eigenvalue weighted by Gasteiger charge is 1.97. The Morgan fingerprint density at radius 1 is 1.47 bits per heavy atom. The topological polar surface area (TPSA) is 46.5 Å². The lowest BCUT2D eigenvalue weighted by atomic mass is 10.2. The Balaban J connectivity index is 2.38. The first kappa shape index (κ1) is 15.6. The molecule has 0 heterocycles. The molecular formula is C15H20O3S. The maximum absolute atomic E-state index is 10.4. The van der Waals surface area contributed by atoms with Crippen LogP contribution in [0.3, 0.4) is 0 Å². The summed E-state index contributed by atoms with van der Waals surface area (Å²) >= 11 is 1.88. The van der Waals surface area contributed by atoms with E-state index in [9.17, 15) is 4.79 Å². The van der Waals surface area contributed by atoms with Gasteiger partial charge in [-0.3, -0.25) is 0 Å². The van der Waals surface area contributed by atoms with Crippen molar-refractivity contribution in [3.8, 4) is 5.75 Å². The van der Waals surface area contributed by atoms with E-state index in [0.29, 0.717) is 12.5 Å². The van der Waals surface area contributed by atoms with Crippen molar-refractivity contribution in [2.45, 2.75) is 13.8 Å². The second kappa shape index (κ2) is 8.64. The van der Waals surface area contributed by atoms with E-state index in [1.807, 2.05) is 36.0 Å². The van der Waals surface area contributed by atoms with Crippen LogP contribution in [0.15, 0.2) is 30.3 Å². The van der Waals surface area contributed by atoms with Gasteiger partial charge in [-0.15, -0.1) is 0 Å². The highest BCUT2D eigenvalue weighted by molar-refractivity contribution is 7.99. The lowest BCUT2D eigenvalue weighted by molar-refractivity contribution is -0.131. The van der Waals surface area contributed by atoms with Gasteiger partial charge in [-0.25, -0.2) is 4.79 Å². The van der Waals surface area contributed by atoms with Crippen LogP contribution in [-0.4, -0.2) is 29.2 Å². The normalized spacial score (nSPS) is 11.1. The van der Waals surface area contributed by atoms with Crippen molar-refractivity contribution >= 4 is 23.8 Å². The Labute approximate surface area is 118 Å². The molecule has 0 aliphatic heterocycles. The summed E-state index contributed by atoms with van der Waals surface area (Å²) in [6.45, 7) is 5.07. The molecule has 0 unspecified atom stereocenters. The number of thioether (sulfide) groups is 1. The predicted molar refractivity (Wildman–Crippen MR) is 80.8 cm³/mol. The highest BCUT2D eigenvalue weighted by Crippen LogP contribution is 2.15. The van der Waals surface area contributed by atoms with Crippen LogP contribution in [0.5, 0.6) is 5.75 Å². The van der Waals surface area contributed by atoms with E-state index >= 15 is 0 Å². The minimum atomic E-state index is -0.948. The minimum absolute atomic E-state index is 0.670. The van der Waals surface area contributed by atoms with Gasteiger partial charge in [0, 0.05) is 11.8 Å². The zero-order valence-electron chi connectivity index (χ0n) is 11.3. The molecule has 0 aromatic heterocycles. The number of rotatable bonds is 8. The van der Waals surface area contributed by atoms with Gasteiger partial charge in [0.25, 0.3) is 0 Å². The van der Waals surface area contributed by atoms with Gasteiger partial charge in [0.05, 0.1) is 6.61 Å². The van der Waals surface area contributed by atoms with Gasteiger partial charge in [0.1, 0.15) is 5.75 Å². The van der Waals surface area contributed by atoms with Gasteiger partial charge in [0.15, 0.2) is 0 Å². The Hall–Kier alpha value is -1.42. The van der Waals surface area contributed by atoms with E-state index in [1.54, 1.807) is 6.08 Å². The van der Waals surface area contributed by atoms with Gasteiger partial charge >= 0.3 is 5.97 Å². The van der Waals surface area contributed by atoms with E-state index in [0.717, 1.165) is 28.9 Å². The number of carbonyl (C=O) groups is 1. The number of aliphatic carboxylic acids is 1. The molecule has 0 amide bonds. The summed E-state index contributed by atoms with van der Waals surface area (Å²) in [6, 6.07) is 7.43. The molecule has 19 heavy (non-hydrogen) atoms. The molecule has 1 aromatic carbocycles. The van der Waals surface area contributed by atoms with Crippen molar-refractivity contribution in [1.82, 2.24) is 0 Å². The molecule has 0 radical (unpaired) electrons. The van der Waals surface area contributed by atoms with Crippen LogP contribution in [0.4, 0.5) is 0 Å². The fraction of sp³-hybridized carbons (Fsp3) is 0.400. The summed E-state index contributed by atoms with van der Waals surface area (Å²) in [7, 11) is 0. The van der Waals surface area contributed by atoms with Crippen LogP contribution in [0.25, 0.3) is 6.08 Å². The summed E-state index contributed by atoms with van der Waals surface area (Å²) in [5.41, 5.74) is 0.828. The Morgan fingerprint density at radius 3 is 2.95 bits per heavy atom. The van der Waals surface area contributed by atoms with Crippen LogP contribution in [-0.2, 0) is 4.79 Å². The Bertz CT molecular complexity index is 427.